The molecule has 53 heavy (non-hydrogen) atoms. The lowest BCUT2D eigenvalue weighted by Gasteiger charge is -2.36. The van der Waals surface area contributed by atoms with Gasteiger partial charge < -0.3 is 0 Å². The van der Waals surface area contributed by atoms with Crippen molar-refractivity contribution in [2.45, 2.75) is 0 Å². The molecule has 1 heteroatoms. The summed E-state index contributed by atoms with van der Waals surface area (Å²) >= 11 is 0. The van der Waals surface area contributed by atoms with E-state index >= 15 is 0 Å². The van der Waals surface area contributed by atoms with Crippen LogP contribution in [0.5, 0.6) is 0 Å². The minimum Gasteiger partial charge on any atom is -0.0623 e. The van der Waals surface area contributed by atoms with Gasteiger partial charge in [-0.3, -0.25) is 0 Å². The zero-order chi connectivity index (χ0) is 35.5. The Hall–Kier alpha value is -6.54. The zero-order valence-corrected chi connectivity index (χ0v) is 30.4. The van der Waals surface area contributed by atoms with E-state index in [-0.39, 0.29) is 0 Å². The lowest BCUT2D eigenvalue weighted by atomic mass is 9.88. The maximum Gasteiger partial charge on any atom is 0.182 e. The molecule has 8 aromatic rings. The summed E-state index contributed by atoms with van der Waals surface area (Å²) in [6, 6.07) is 85.1. The van der Waals surface area contributed by atoms with Gasteiger partial charge in [-0.05, 0) is 88.6 Å². The van der Waals surface area contributed by atoms with E-state index in [1.807, 2.05) is 0 Å². The molecule has 0 unspecified atom stereocenters. The Morgan fingerprint density at radius 3 is 0.811 bits per heavy atom. The van der Waals surface area contributed by atoms with E-state index in [1.165, 1.54) is 76.4 Å². The smallest absolute Gasteiger partial charge is 0.0623 e. The first kappa shape index (κ1) is 32.4. The Kier molecular flexibility index (Phi) is 8.69. The topological polar surface area (TPSA) is 0 Å². The first-order chi connectivity index (χ1) is 26.3. The van der Waals surface area contributed by atoms with Crippen molar-refractivity contribution in [3.05, 3.63) is 253 Å². The van der Waals surface area contributed by atoms with Crippen LogP contribution < -0.4 is 10.4 Å². The molecule has 0 atom stereocenters. The summed E-state index contributed by atoms with van der Waals surface area (Å²) in [5.74, 6) is 0. The number of rotatable bonds is 8. The number of benzene rings is 8. The lowest BCUT2D eigenvalue weighted by Crippen LogP contribution is -2.59. The predicted molar refractivity (Wildman–Crippen MR) is 228 cm³/mol. The molecule has 0 fully saturated rings. The summed E-state index contributed by atoms with van der Waals surface area (Å²) in [6.45, 7) is 0. The molecule has 250 valence electrons. The highest BCUT2D eigenvalue weighted by molar-refractivity contribution is 7.29. The van der Waals surface area contributed by atoms with Crippen LogP contribution in [0.15, 0.2) is 231 Å². The van der Waals surface area contributed by atoms with Crippen molar-refractivity contribution < 1.29 is 0 Å². The average molecular weight is 691 g/mol. The second-order valence-corrected chi connectivity index (χ2v) is 17.3. The van der Waals surface area contributed by atoms with Gasteiger partial charge >= 0.3 is 0 Å². The molecule has 0 amide bonds. The Labute approximate surface area is 313 Å². The molecule has 8 aromatic carbocycles. The van der Waals surface area contributed by atoms with Crippen LogP contribution in [-0.2, 0) is 0 Å². The molecule has 1 heterocycles. The fraction of sp³-hybridized carbons (Fsp3) is 0. The van der Waals surface area contributed by atoms with Gasteiger partial charge in [-0.1, -0.05) is 218 Å². The van der Waals surface area contributed by atoms with Gasteiger partial charge in [0.05, 0.1) is 0 Å². The molecule has 0 saturated heterocycles. The fourth-order valence-corrected chi connectivity index (χ4v) is 13.9. The molecule has 0 radical (unpaired) electrons. The van der Waals surface area contributed by atoms with Crippen molar-refractivity contribution in [1.82, 2.24) is 0 Å². The van der Waals surface area contributed by atoms with E-state index in [2.05, 4.69) is 231 Å². The third kappa shape index (κ3) is 5.82. The molecule has 1 aliphatic rings. The first-order valence-corrected chi connectivity index (χ1v) is 20.4. The van der Waals surface area contributed by atoms with E-state index in [4.69, 9.17) is 0 Å². The van der Waals surface area contributed by atoms with E-state index < -0.39 is 8.07 Å². The molecular weight excluding hydrogens is 653 g/mol. The quantitative estimate of drug-likeness (QED) is 0.139. The highest BCUT2D eigenvalue weighted by Crippen LogP contribution is 2.55. The molecule has 0 aliphatic carbocycles. The number of hydrogen-bond acceptors (Lipinski definition) is 0. The predicted octanol–water partition coefficient (Wildman–Crippen LogP) is 11.9. The van der Waals surface area contributed by atoms with Crippen LogP contribution in [0.3, 0.4) is 0 Å². The molecular formula is C52H38Si. The second kappa shape index (κ2) is 14.2. The standard InChI is InChI=1S/C52H38Si/c1-7-21-39(22-8-1)43-29-19-31-45(37-43)51-49(41-25-11-3-12-26-41)50(42-27-13-4-14-28-42)52(46-32-20-30-44(38-46)40-23-9-2-10-24-40)53(51,47-33-15-5-16-34-47)48-35-17-6-18-36-48/h1-38H. The minimum absolute atomic E-state index is 1.22. The molecule has 0 nitrogen and oxygen atoms in total. The van der Waals surface area contributed by atoms with E-state index in [0.717, 1.165) is 0 Å². The Bertz CT molecular complexity index is 2370. The van der Waals surface area contributed by atoms with Gasteiger partial charge in [-0.15, -0.1) is 0 Å². The summed E-state index contributed by atoms with van der Waals surface area (Å²) < 4.78 is 0. The second-order valence-electron chi connectivity index (χ2n) is 13.6. The highest BCUT2D eigenvalue weighted by Gasteiger charge is 2.53. The molecule has 1 aliphatic heterocycles. The fourth-order valence-electron chi connectivity index (χ4n) is 8.35. The van der Waals surface area contributed by atoms with Gasteiger partial charge in [0.1, 0.15) is 0 Å². The van der Waals surface area contributed by atoms with Gasteiger partial charge in [-0.25, -0.2) is 0 Å². The van der Waals surface area contributed by atoms with Crippen molar-refractivity contribution in [3.63, 3.8) is 0 Å². The SMILES string of the molecule is c1ccc(C2=C(c3cccc(-c4ccccc4)c3)[Si](c3ccccc3)(c3ccccc3)C(c3cccc(-c4ccccc4)c3)=C2c2ccccc2)cc1. The van der Waals surface area contributed by atoms with Gasteiger partial charge in [0.25, 0.3) is 0 Å². The van der Waals surface area contributed by atoms with Crippen LogP contribution in [-0.4, -0.2) is 8.07 Å². The van der Waals surface area contributed by atoms with Gasteiger partial charge in [0.2, 0.25) is 0 Å². The number of allylic oxidation sites excluding steroid dienone is 2. The van der Waals surface area contributed by atoms with Crippen molar-refractivity contribution in [1.29, 1.82) is 0 Å². The Morgan fingerprint density at radius 1 is 0.208 bits per heavy atom. The van der Waals surface area contributed by atoms with Crippen molar-refractivity contribution in [3.8, 4) is 22.3 Å². The summed E-state index contributed by atoms with van der Waals surface area (Å²) in [6.07, 6.45) is 0. The summed E-state index contributed by atoms with van der Waals surface area (Å²) in [7, 11) is -3.11. The monoisotopic (exact) mass is 690 g/mol. The molecule has 0 saturated carbocycles. The van der Waals surface area contributed by atoms with Crippen LogP contribution in [0.25, 0.3) is 43.8 Å². The van der Waals surface area contributed by atoms with Crippen LogP contribution in [0, 0.1) is 0 Å². The normalized spacial score (nSPS) is 13.7. The zero-order valence-electron chi connectivity index (χ0n) is 29.4. The highest BCUT2D eigenvalue weighted by atomic mass is 28.3. The molecule has 0 aromatic heterocycles. The maximum absolute atomic E-state index is 3.11. The first-order valence-electron chi connectivity index (χ1n) is 18.4. The van der Waals surface area contributed by atoms with Crippen LogP contribution in [0.2, 0.25) is 0 Å². The van der Waals surface area contributed by atoms with Crippen molar-refractivity contribution in [2.24, 2.45) is 0 Å². The third-order valence-electron chi connectivity index (χ3n) is 10.6. The van der Waals surface area contributed by atoms with E-state index in [9.17, 15) is 0 Å². The number of hydrogen-bond donors (Lipinski definition) is 0. The molecule has 0 N–H and O–H groups in total. The van der Waals surface area contributed by atoms with Crippen LogP contribution in [0.4, 0.5) is 0 Å². The maximum atomic E-state index is 2.44. The molecule has 9 rings (SSSR count). The Balaban J connectivity index is 1.49. The molecule has 0 bridgehead atoms. The lowest BCUT2D eigenvalue weighted by molar-refractivity contribution is 1.57. The van der Waals surface area contributed by atoms with E-state index in [0.29, 0.717) is 0 Å². The summed E-state index contributed by atoms with van der Waals surface area (Å²) in [5, 5.41) is 5.56. The third-order valence-corrected chi connectivity index (χ3v) is 15.5. The summed E-state index contributed by atoms with van der Waals surface area (Å²) in [5.41, 5.74) is 12.4. The van der Waals surface area contributed by atoms with E-state index in [1.54, 1.807) is 0 Å². The largest absolute Gasteiger partial charge is 0.182 e. The van der Waals surface area contributed by atoms with Crippen molar-refractivity contribution in [2.75, 3.05) is 0 Å². The van der Waals surface area contributed by atoms with Gasteiger partial charge in [0.15, 0.2) is 8.07 Å². The minimum atomic E-state index is -3.11. The summed E-state index contributed by atoms with van der Waals surface area (Å²) in [4.78, 5) is 0. The van der Waals surface area contributed by atoms with Gasteiger partial charge in [-0.2, -0.15) is 0 Å². The van der Waals surface area contributed by atoms with Crippen LogP contribution in [0.1, 0.15) is 22.3 Å². The average Bonchev–Trinajstić information content (AvgIpc) is 3.59. The Morgan fingerprint density at radius 2 is 0.472 bits per heavy atom. The van der Waals surface area contributed by atoms with Crippen molar-refractivity contribution >= 4 is 40.0 Å². The van der Waals surface area contributed by atoms with Gasteiger partial charge in [0, 0.05) is 0 Å². The molecule has 0 spiro atoms. The van der Waals surface area contributed by atoms with Crippen LogP contribution >= 0.6 is 0 Å².